The molecular formula is C24H23F3N2O3S. The summed E-state index contributed by atoms with van der Waals surface area (Å²) in [5.74, 6) is -0.926. The van der Waals surface area contributed by atoms with Gasteiger partial charge in [0, 0.05) is 28.1 Å². The van der Waals surface area contributed by atoms with Crippen molar-refractivity contribution in [3.05, 3.63) is 70.2 Å². The van der Waals surface area contributed by atoms with Gasteiger partial charge in [0.05, 0.1) is 11.3 Å². The number of benzene rings is 2. The van der Waals surface area contributed by atoms with Gasteiger partial charge in [-0.05, 0) is 48.7 Å². The summed E-state index contributed by atoms with van der Waals surface area (Å²) in [5, 5.41) is 12.1. The monoisotopic (exact) mass is 476 g/mol. The molecule has 1 aromatic heterocycles. The second kappa shape index (κ2) is 10.2. The summed E-state index contributed by atoms with van der Waals surface area (Å²) in [5.41, 5.74) is 1.88. The van der Waals surface area contributed by atoms with Gasteiger partial charge >= 0.3 is 12.1 Å². The van der Waals surface area contributed by atoms with Crippen molar-refractivity contribution in [2.75, 3.05) is 11.9 Å². The number of alkyl halides is 3. The van der Waals surface area contributed by atoms with Crippen LogP contribution in [0, 0.1) is 0 Å². The van der Waals surface area contributed by atoms with Gasteiger partial charge in [0.2, 0.25) is 0 Å². The van der Waals surface area contributed by atoms with Gasteiger partial charge in [-0.25, -0.2) is 4.98 Å². The molecule has 0 fully saturated rings. The first kappa shape index (κ1) is 24.4. The van der Waals surface area contributed by atoms with Crippen LogP contribution in [0.1, 0.15) is 52.7 Å². The molecule has 2 aromatic carbocycles. The summed E-state index contributed by atoms with van der Waals surface area (Å²) < 4.78 is 38.5. The highest BCUT2D eigenvalue weighted by atomic mass is 32.1. The molecule has 174 valence electrons. The number of carboxylic acids is 1. The van der Waals surface area contributed by atoms with E-state index < -0.39 is 17.7 Å². The summed E-state index contributed by atoms with van der Waals surface area (Å²) in [4.78, 5) is 28.8. The molecule has 0 saturated heterocycles. The lowest BCUT2D eigenvalue weighted by atomic mass is 10.0. The van der Waals surface area contributed by atoms with E-state index in [-0.39, 0.29) is 24.7 Å². The Morgan fingerprint density at radius 3 is 2.24 bits per heavy atom. The topological polar surface area (TPSA) is 79.3 Å². The first-order valence-electron chi connectivity index (χ1n) is 10.3. The molecule has 33 heavy (non-hydrogen) atoms. The fraction of sp³-hybridized carbons (Fsp3) is 0.292. The Morgan fingerprint density at radius 1 is 1.06 bits per heavy atom. The van der Waals surface area contributed by atoms with Crippen LogP contribution in [-0.4, -0.2) is 28.4 Å². The number of Topliss-reactive ketones (excluding diaryl/α,β-unsaturated/α-hetero) is 1. The van der Waals surface area contributed by atoms with Gasteiger partial charge in [-0.15, -0.1) is 11.3 Å². The van der Waals surface area contributed by atoms with E-state index in [1.807, 2.05) is 13.8 Å². The molecule has 0 radical (unpaired) electrons. The van der Waals surface area contributed by atoms with Crippen molar-refractivity contribution in [3.8, 4) is 10.6 Å². The van der Waals surface area contributed by atoms with Crippen LogP contribution in [0.15, 0.2) is 48.5 Å². The number of hydrogen-bond donors (Lipinski definition) is 2. The van der Waals surface area contributed by atoms with Gasteiger partial charge < -0.3 is 10.4 Å². The molecule has 0 atom stereocenters. The van der Waals surface area contributed by atoms with Crippen molar-refractivity contribution in [2.24, 2.45) is 0 Å². The lowest BCUT2D eigenvalue weighted by Gasteiger charge is -2.06. The third-order valence-corrected chi connectivity index (χ3v) is 6.14. The number of rotatable bonds is 9. The van der Waals surface area contributed by atoms with Crippen LogP contribution in [-0.2, 0) is 17.4 Å². The molecule has 0 aliphatic heterocycles. The van der Waals surface area contributed by atoms with Gasteiger partial charge in [0.15, 0.2) is 5.78 Å². The van der Waals surface area contributed by atoms with Crippen molar-refractivity contribution in [1.82, 2.24) is 4.98 Å². The van der Waals surface area contributed by atoms with Crippen LogP contribution in [0.3, 0.4) is 0 Å². The SMILES string of the molecule is CC(C)c1nc(-c2ccc(C(F)(F)F)cc2)sc1CCC(=O)c1ccc(NCC(=O)O)cc1. The molecule has 0 unspecified atom stereocenters. The smallest absolute Gasteiger partial charge is 0.416 e. The molecule has 2 N–H and O–H groups in total. The van der Waals surface area contributed by atoms with Crippen molar-refractivity contribution >= 4 is 28.8 Å². The van der Waals surface area contributed by atoms with E-state index in [0.29, 0.717) is 28.2 Å². The lowest BCUT2D eigenvalue weighted by molar-refractivity contribution is -0.137. The molecule has 0 amide bonds. The van der Waals surface area contributed by atoms with E-state index in [1.54, 1.807) is 24.3 Å². The molecule has 3 aromatic rings. The van der Waals surface area contributed by atoms with Gasteiger partial charge in [-0.3, -0.25) is 9.59 Å². The zero-order valence-electron chi connectivity index (χ0n) is 18.1. The van der Waals surface area contributed by atoms with Crippen molar-refractivity contribution in [1.29, 1.82) is 0 Å². The number of thiazole rings is 1. The third-order valence-electron chi connectivity index (χ3n) is 4.96. The highest BCUT2D eigenvalue weighted by Crippen LogP contribution is 2.35. The molecule has 0 spiro atoms. The first-order valence-corrected chi connectivity index (χ1v) is 11.1. The first-order chi connectivity index (χ1) is 15.5. The number of aromatic nitrogens is 1. The number of ketones is 1. The van der Waals surface area contributed by atoms with Crippen molar-refractivity contribution in [2.45, 2.75) is 38.8 Å². The van der Waals surface area contributed by atoms with Crippen LogP contribution >= 0.6 is 11.3 Å². The van der Waals surface area contributed by atoms with Gasteiger partial charge in [-0.2, -0.15) is 13.2 Å². The van der Waals surface area contributed by atoms with Crippen LogP contribution in [0.2, 0.25) is 0 Å². The number of carboxylic acid groups (broad SMARTS) is 1. The number of halogens is 3. The highest BCUT2D eigenvalue weighted by Gasteiger charge is 2.30. The Balaban J connectivity index is 1.71. The summed E-state index contributed by atoms with van der Waals surface area (Å²) in [6.07, 6.45) is -3.65. The molecule has 0 aliphatic carbocycles. The second-order valence-electron chi connectivity index (χ2n) is 7.81. The average molecular weight is 477 g/mol. The largest absolute Gasteiger partial charge is 0.480 e. The minimum atomic E-state index is -4.39. The number of hydrogen-bond acceptors (Lipinski definition) is 5. The Hall–Kier alpha value is -3.20. The van der Waals surface area contributed by atoms with Crippen LogP contribution < -0.4 is 5.32 Å². The second-order valence-corrected chi connectivity index (χ2v) is 8.89. The predicted molar refractivity (Wildman–Crippen MR) is 122 cm³/mol. The van der Waals surface area contributed by atoms with Gasteiger partial charge in [-0.1, -0.05) is 26.0 Å². The fourth-order valence-electron chi connectivity index (χ4n) is 3.24. The van der Waals surface area contributed by atoms with E-state index in [1.165, 1.54) is 23.5 Å². The number of nitrogens with zero attached hydrogens (tertiary/aromatic N) is 1. The molecule has 1 heterocycles. The number of carbonyl (C=O) groups excluding carboxylic acids is 1. The minimum Gasteiger partial charge on any atom is -0.480 e. The zero-order valence-corrected chi connectivity index (χ0v) is 18.9. The maximum Gasteiger partial charge on any atom is 0.416 e. The lowest BCUT2D eigenvalue weighted by Crippen LogP contribution is -2.12. The van der Waals surface area contributed by atoms with E-state index in [2.05, 4.69) is 10.3 Å². The Kier molecular flexibility index (Phi) is 7.53. The number of carbonyl (C=O) groups is 2. The van der Waals surface area contributed by atoms with E-state index in [4.69, 9.17) is 5.11 Å². The van der Waals surface area contributed by atoms with Crippen LogP contribution in [0.25, 0.3) is 10.6 Å². The summed E-state index contributed by atoms with van der Waals surface area (Å²) in [7, 11) is 0. The quantitative estimate of drug-likeness (QED) is 0.356. The zero-order chi connectivity index (χ0) is 24.2. The Labute approximate surface area is 193 Å². The number of nitrogens with one attached hydrogen (secondary N) is 1. The van der Waals surface area contributed by atoms with Crippen LogP contribution in [0.4, 0.5) is 18.9 Å². The number of anilines is 1. The number of aryl methyl sites for hydroxylation is 1. The van der Waals surface area contributed by atoms with E-state index >= 15 is 0 Å². The molecule has 5 nitrogen and oxygen atoms in total. The summed E-state index contributed by atoms with van der Waals surface area (Å²) in [6.45, 7) is 3.76. The third kappa shape index (κ3) is 6.41. The Bertz CT molecular complexity index is 1120. The molecular weight excluding hydrogens is 453 g/mol. The van der Waals surface area contributed by atoms with Crippen molar-refractivity contribution in [3.63, 3.8) is 0 Å². The van der Waals surface area contributed by atoms with Gasteiger partial charge in [0.25, 0.3) is 0 Å². The molecule has 3 rings (SSSR count). The van der Waals surface area contributed by atoms with Crippen molar-refractivity contribution < 1.29 is 27.9 Å². The summed E-state index contributed by atoms with van der Waals surface area (Å²) in [6, 6.07) is 11.5. The maximum absolute atomic E-state index is 12.8. The highest BCUT2D eigenvalue weighted by molar-refractivity contribution is 7.15. The Morgan fingerprint density at radius 2 is 1.70 bits per heavy atom. The maximum atomic E-state index is 12.8. The average Bonchev–Trinajstić information content (AvgIpc) is 3.20. The molecule has 0 aliphatic rings. The standard InChI is InChI=1S/C24H23F3N2O3S/c1-14(2)22-20(33-23(29-22)16-3-7-17(8-4-16)24(25,26)27)12-11-19(30)15-5-9-18(10-6-15)28-13-21(31)32/h3-10,14,28H,11-13H2,1-2H3,(H,31,32). The van der Waals surface area contributed by atoms with Gasteiger partial charge in [0.1, 0.15) is 11.6 Å². The van der Waals surface area contributed by atoms with Crippen LogP contribution in [0.5, 0.6) is 0 Å². The molecule has 9 heteroatoms. The fourth-order valence-corrected chi connectivity index (χ4v) is 4.46. The normalized spacial score (nSPS) is 11.6. The molecule has 0 saturated carbocycles. The van der Waals surface area contributed by atoms with E-state index in [0.717, 1.165) is 22.7 Å². The predicted octanol–water partition coefficient (Wildman–Crippen LogP) is 6.26. The minimum absolute atomic E-state index is 0.0565. The number of aliphatic carboxylic acids is 1. The van der Waals surface area contributed by atoms with E-state index in [9.17, 15) is 22.8 Å². The summed E-state index contributed by atoms with van der Waals surface area (Å²) >= 11 is 1.39. The molecule has 0 bridgehead atoms.